The van der Waals surface area contributed by atoms with Crippen molar-refractivity contribution in [1.29, 1.82) is 0 Å². The number of ether oxygens (including phenoxy) is 2. The van der Waals surface area contributed by atoms with Gasteiger partial charge in [-0.2, -0.15) is 0 Å². The van der Waals surface area contributed by atoms with E-state index in [1.54, 1.807) is 0 Å². The van der Waals surface area contributed by atoms with Crippen LogP contribution in [0.5, 0.6) is 11.5 Å². The van der Waals surface area contributed by atoms with Gasteiger partial charge in [0.1, 0.15) is 11.5 Å². The minimum absolute atomic E-state index is 0.685. The van der Waals surface area contributed by atoms with E-state index in [-0.39, 0.29) is 0 Å². The van der Waals surface area contributed by atoms with E-state index in [9.17, 15) is 0 Å². The molecular formula is C16H27NO2. The molecule has 0 aliphatic carbocycles. The van der Waals surface area contributed by atoms with Crippen molar-refractivity contribution >= 4 is 0 Å². The third-order valence-corrected chi connectivity index (χ3v) is 2.69. The van der Waals surface area contributed by atoms with Crippen LogP contribution in [0.4, 0.5) is 0 Å². The van der Waals surface area contributed by atoms with Gasteiger partial charge in [0.25, 0.3) is 0 Å². The summed E-state index contributed by atoms with van der Waals surface area (Å²) in [4.78, 5) is 0. The lowest BCUT2D eigenvalue weighted by Crippen LogP contribution is -2.21. The molecule has 3 heteroatoms. The van der Waals surface area contributed by atoms with Gasteiger partial charge in [0.05, 0.1) is 13.2 Å². The molecule has 0 radical (unpaired) electrons. The number of hydrogen-bond donors (Lipinski definition) is 1. The maximum absolute atomic E-state index is 5.71. The van der Waals surface area contributed by atoms with Crippen molar-refractivity contribution in [3.8, 4) is 11.5 Å². The lowest BCUT2D eigenvalue weighted by atomic mass is 10.2. The van der Waals surface area contributed by atoms with Crippen LogP contribution in [-0.4, -0.2) is 26.3 Å². The van der Waals surface area contributed by atoms with Crippen molar-refractivity contribution in [2.75, 3.05) is 26.3 Å². The fourth-order valence-corrected chi connectivity index (χ4v) is 1.75. The van der Waals surface area contributed by atoms with Crippen LogP contribution in [0.1, 0.15) is 33.6 Å². The smallest absolute Gasteiger partial charge is 0.122 e. The Kier molecular flexibility index (Phi) is 8.07. The highest BCUT2D eigenvalue weighted by Gasteiger charge is 1.97. The minimum Gasteiger partial charge on any atom is -0.494 e. The molecule has 0 aliphatic rings. The normalized spacial score (nSPS) is 10.7. The second-order valence-electron chi connectivity index (χ2n) is 5.06. The summed E-state index contributed by atoms with van der Waals surface area (Å²) in [7, 11) is 0. The van der Waals surface area contributed by atoms with E-state index in [0.717, 1.165) is 50.0 Å². The van der Waals surface area contributed by atoms with E-state index >= 15 is 0 Å². The SMILES string of the molecule is CCOc1cccc(OCCCCNCC(C)C)c1. The molecule has 0 amide bonds. The largest absolute Gasteiger partial charge is 0.494 e. The lowest BCUT2D eigenvalue weighted by Gasteiger charge is -2.09. The second-order valence-corrected chi connectivity index (χ2v) is 5.06. The molecule has 1 N–H and O–H groups in total. The van der Waals surface area contributed by atoms with Gasteiger partial charge in [0.15, 0.2) is 0 Å². The van der Waals surface area contributed by atoms with Gasteiger partial charge in [-0.05, 0) is 50.9 Å². The lowest BCUT2D eigenvalue weighted by molar-refractivity contribution is 0.299. The summed E-state index contributed by atoms with van der Waals surface area (Å²) in [6.07, 6.45) is 2.22. The molecule has 108 valence electrons. The molecule has 0 aromatic heterocycles. The number of benzene rings is 1. The Morgan fingerprint density at radius 3 is 2.53 bits per heavy atom. The van der Waals surface area contributed by atoms with Crippen LogP contribution in [0, 0.1) is 5.92 Å². The van der Waals surface area contributed by atoms with Crippen LogP contribution >= 0.6 is 0 Å². The predicted molar refractivity (Wildman–Crippen MR) is 80.0 cm³/mol. The van der Waals surface area contributed by atoms with Crippen LogP contribution in [0.3, 0.4) is 0 Å². The summed E-state index contributed by atoms with van der Waals surface area (Å²) in [6, 6.07) is 7.83. The molecule has 19 heavy (non-hydrogen) atoms. The first-order valence-corrected chi connectivity index (χ1v) is 7.28. The van der Waals surface area contributed by atoms with Crippen LogP contribution in [0.25, 0.3) is 0 Å². The van der Waals surface area contributed by atoms with Gasteiger partial charge in [0.2, 0.25) is 0 Å². The van der Waals surface area contributed by atoms with Crippen LogP contribution < -0.4 is 14.8 Å². The van der Waals surface area contributed by atoms with Crippen molar-refractivity contribution in [1.82, 2.24) is 5.32 Å². The molecule has 0 bridgehead atoms. The third-order valence-electron chi connectivity index (χ3n) is 2.69. The van der Waals surface area contributed by atoms with Crippen LogP contribution in [-0.2, 0) is 0 Å². The summed E-state index contributed by atoms with van der Waals surface area (Å²) >= 11 is 0. The second kappa shape index (κ2) is 9.68. The Morgan fingerprint density at radius 2 is 1.84 bits per heavy atom. The highest BCUT2D eigenvalue weighted by Crippen LogP contribution is 2.19. The molecule has 0 heterocycles. The van der Waals surface area contributed by atoms with Crippen molar-refractivity contribution < 1.29 is 9.47 Å². The Morgan fingerprint density at radius 1 is 1.11 bits per heavy atom. The molecule has 3 nitrogen and oxygen atoms in total. The molecule has 0 spiro atoms. The number of hydrogen-bond acceptors (Lipinski definition) is 3. The van der Waals surface area contributed by atoms with E-state index in [4.69, 9.17) is 9.47 Å². The van der Waals surface area contributed by atoms with Crippen molar-refractivity contribution in [2.24, 2.45) is 5.92 Å². The van der Waals surface area contributed by atoms with E-state index < -0.39 is 0 Å². The van der Waals surface area contributed by atoms with E-state index in [0.29, 0.717) is 6.61 Å². The van der Waals surface area contributed by atoms with Crippen molar-refractivity contribution in [2.45, 2.75) is 33.6 Å². The Bertz CT molecular complexity index is 339. The standard InChI is InChI=1S/C16H27NO2/c1-4-18-15-8-7-9-16(12-15)19-11-6-5-10-17-13-14(2)3/h7-9,12,14,17H,4-6,10-11,13H2,1-3H3. The maximum atomic E-state index is 5.71. The highest BCUT2D eigenvalue weighted by molar-refractivity contribution is 5.32. The molecule has 0 atom stereocenters. The van der Waals surface area contributed by atoms with Gasteiger partial charge >= 0.3 is 0 Å². The fourth-order valence-electron chi connectivity index (χ4n) is 1.75. The topological polar surface area (TPSA) is 30.5 Å². The average molecular weight is 265 g/mol. The molecule has 0 saturated carbocycles. The van der Waals surface area contributed by atoms with Crippen LogP contribution in [0.2, 0.25) is 0 Å². The number of nitrogens with one attached hydrogen (secondary N) is 1. The molecule has 1 aromatic rings. The quantitative estimate of drug-likeness (QED) is 0.657. The first kappa shape index (κ1) is 15.8. The number of unbranched alkanes of at least 4 members (excludes halogenated alkanes) is 1. The van der Waals surface area contributed by atoms with Crippen LogP contribution in [0.15, 0.2) is 24.3 Å². The molecule has 0 saturated heterocycles. The number of rotatable bonds is 10. The summed E-state index contributed by atoms with van der Waals surface area (Å²) in [5, 5.41) is 3.43. The van der Waals surface area contributed by atoms with E-state index in [1.807, 2.05) is 31.2 Å². The monoisotopic (exact) mass is 265 g/mol. The zero-order valence-corrected chi connectivity index (χ0v) is 12.4. The molecule has 0 unspecified atom stereocenters. The first-order chi connectivity index (χ1) is 9.22. The van der Waals surface area contributed by atoms with Gasteiger partial charge < -0.3 is 14.8 Å². The van der Waals surface area contributed by atoms with E-state index in [1.165, 1.54) is 0 Å². The van der Waals surface area contributed by atoms with Gasteiger partial charge in [-0.25, -0.2) is 0 Å². The van der Waals surface area contributed by atoms with Crippen molar-refractivity contribution in [3.63, 3.8) is 0 Å². The zero-order chi connectivity index (χ0) is 13.9. The van der Waals surface area contributed by atoms with Gasteiger partial charge in [-0.3, -0.25) is 0 Å². The Labute approximate surface area is 117 Å². The first-order valence-electron chi connectivity index (χ1n) is 7.28. The van der Waals surface area contributed by atoms with Crippen molar-refractivity contribution in [3.05, 3.63) is 24.3 Å². The summed E-state index contributed by atoms with van der Waals surface area (Å²) in [5.74, 6) is 2.48. The summed E-state index contributed by atoms with van der Waals surface area (Å²) in [5.41, 5.74) is 0. The summed E-state index contributed by atoms with van der Waals surface area (Å²) < 4.78 is 11.2. The predicted octanol–water partition coefficient (Wildman–Crippen LogP) is 3.49. The zero-order valence-electron chi connectivity index (χ0n) is 12.4. The van der Waals surface area contributed by atoms with Gasteiger partial charge in [0, 0.05) is 6.07 Å². The van der Waals surface area contributed by atoms with Gasteiger partial charge in [-0.1, -0.05) is 19.9 Å². The molecule has 0 aliphatic heterocycles. The molecular weight excluding hydrogens is 238 g/mol. The maximum Gasteiger partial charge on any atom is 0.122 e. The fraction of sp³-hybridized carbons (Fsp3) is 0.625. The minimum atomic E-state index is 0.685. The summed E-state index contributed by atoms with van der Waals surface area (Å²) in [6.45, 7) is 10.0. The average Bonchev–Trinajstić information content (AvgIpc) is 2.38. The van der Waals surface area contributed by atoms with Gasteiger partial charge in [-0.15, -0.1) is 0 Å². The molecule has 1 aromatic carbocycles. The van der Waals surface area contributed by atoms with E-state index in [2.05, 4.69) is 19.2 Å². The highest BCUT2D eigenvalue weighted by atomic mass is 16.5. The molecule has 1 rings (SSSR count). The molecule has 0 fully saturated rings. The Balaban J connectivity index is 2.10. The third kappa shape index (κ3) is 7.73. The Hall–Kier alpha value is -1.22.